The van der Waals surface area contributed by atoms with Crippen LogP contribution in [0.25, 0.3) is 0 Å². The summed E-state index contributed by atoms with van der Waals surface area (Å²) in [6, 6.07) is 11.3. The van der Waals surface area contributed by atoms with Gasteiger partial charge in [0, 0.05) is 18.0 Å². The van der Waals surface area contributed by atoms with Crippen LogP contribution in [0.3, 0.4) is 0 Å². The summed E-state index contributed by atoms with van der Waals surface area (Å²) >= 11 is 0. The van der Waals surface area contributed by atoms with E-state index in [1.54, 1.807) is 30.3 Å². The summed E-state index contributed by atoms with van der Waals surface area (Å²) in [7, 11) is -0.179. The van der Waals surface area contributed by atoms with Gasteiger partial charge in [-0.25, -0.2) is 8.42 Å². The fourth-order valence-electron chi connectivity index (χ4n) is 2.16. The van der Waals surface area contributed by atoms with E-state index in [1.165, 1.54) is 26.4 Å². The molecule has 2 rings (SSSR count). The van der Waals surface area contributed by atoms with Crippen LogP contribution in [-0.4, -0.2) is 34.8 Å². The monoisotopic (exact) mass is 349 g/mol. The molecule has 0 aliphatic carbocycles. The van der Waals surface area contributed by atoms with E-state index in [0.29, 0.717) is 17.2 Å². The van der Waals surface area contributed by atoms with Crippen molar-refractivity contribution < 1.29 is 22.7 Å². The van der Waals surface area contributed by atoms with E-state index in [0.717, 1.165) is 11.8 Å². The zero-order chi connectivity index (χ0) is 17.7. The molecule has 0 atom stereocenters. The molecule has 2 aromatic rings. The molecule has 24 heavy (non-hydrogen) atoms. The highest BCUT2D eigenvalue weighted by Gasteiger charge is 2.10. The average molecular weight is 349 g/mol. The number of anilines is 1. The van der Waals surface area contributed by atoms with Gasteiger partial charge in [-0.05, 0) is 29.8 Å². The number of benzene rings is 2. The summed E-state index contributed by atoms with van der Waals surface area (Å²) in [6.45, 7) is 0. The summed E-state index contributed by atoms with van der Waals surface area (Å²) < 4.78 is 33.2. The van der Waals surface area contributed by atoms with Crippen LogP contribution in [0, 0.1) is 0 Å². The average Bonchev–Trinajstić information content (AvgIpc) is 2.54. The van der Waals surface area contributed by atoms with Crippen molar-refractivity contribution in [1.29, 1.82) is 0 Å². The van der Waals surface area contributed by atoms with Crippen LogP contribution in [0.1, 0.15) is 5.56 Å². The second-order valence-electron chi connectivity index (χ2n) is 5.21. The maximum absolute atomic E-state index is 12.1. The Morgan fingerprint density at radius 1 is 1.00 bits per heavy atom. The number of ether oxygens (including phenoxy) is 2. The number of carbonyl (C=O) groups excluding carboxylic acids is 1. The van der Waals surface area contributed by atoms with Gasteiger partial charge in [0.2, 0.25) is 5.91 Å². The van der Waals surface area contributed by atoms with E-state index in [-0.39, 0.29) is 17.2 Å². The summed E-state index contributed by atoms with van der Waals surface area (Å²) in [5.74, 6) is 0.883. The molecule has 0 radical (unpaired) electrons. The van der Waals surface area contributed by atoms with Crippen LogP contribution in [0.4, 0.5) is 5.69 Å². The second-order valence-corrected chi connectivity index (χ2v) is 7.23. The fourth-order valence-corrected chi connectivity index (χ4v) is 2.79. The number of amides is 1. The Balaban J connectivity index is 2.05. The molecule has 0 aliphatic rings. The zero-order valence-electron chi connectivity index (χ0n) is 13.7. The topological polar surface area (TPSA) is 81.7 Å². The van der Waals surface area contributed by atoms with E-state index in [9.17, 15) is 13.2 Å². The van der Waals surface area contributed by atoms with E-state index in [2.05, 4.69) is 5.32 Å². The van der Waals surface area contributed by atoms with Crippen molar-refractivity contribution in [3.05, 3.63) is 48.0 Å². The molecule has 0 unspecified atom stereocenters. The predicted molar refractivity (Wildman–Crippen MR) is 91.4 cm³/mol. The number of sulfone groups is 1. The third-order valence-electron chi connectivity index (χ3n) is 3.38. The van der Waals surface area contributed by atoms with Gasteiger partial charge in [0.15, 0.2) is 21.3 Å². The summed E-state index contributed by atoms with van der Waals surface area (Å²) in [5, 5.41) is 2.77. The van der Waals surface area contributed by atoms with Gasteiger partial charge < -0.3 is 14.8 Å². The largest absolute Gasteiger partial charge is 0.493 e. The molecule has 1 N–H and O–H groups in total. The Kier molecular flexibility index (Phi) is 5.46. The first-order valence-electron chi connectivity index (χ1n) is 7.14. The maximum atomic E-state index is 12.1. The first kappa shape index (κ1) is 17.8. The smallest absolute Gasteiger partial charge is 0.228 e. The lowest BCUT2D eigenvalue weighted by Crippen LogP contribution is -2.14. The van der Waals surface area contributed by atoms with Crippen molar-refractivity contribution in [2.75, 3.05) is 25.8 Å². The van der Waals surface area contributed by atoms with Crippen molar-refractivity contribution in [2.24, 2.45) is 0 Å². The molecule has 2 aromatic carbocycles. The Morgan fingerprint density at radius 2 is 1.62 bits per heavy atom. The minimum absolute atomic E-state index is 0.137. The van der Waals surface area contributed by atoms with Crippen molar-refractivity contribution >= 4 is 21.4 Å². The van der Waals surface area contributed by atoms with Crippen molar-refractivity contribution in [3.63, 3.8) is 0 Å². The van der Waals surface area contributed by atoms with E-state index in [4.69, 9.17) is 9.47 Å². The van der Waals surface area contributed by atoms with Crippen LogP contribution < -0.4 is 14.8 Å². The number of carbonyl (C=O) groups is 1. The summed E-state index contributed by atoms with van der Waals surface area (Å²) in [6.07, 6.45) is 1.28. The predicted octanol–water partition coefficient (Wildman–Crippen LogP) is 2.29. The molecule has 0 aliphatic heterocycles. The normalized spacial score (nSPS) is 11.0. The van der Waals surface area contributed by atoms with Crippen molar-refractivity contribution in [3.8, 4) is 11.5 Å². The van der Waals surface area contributed by atoms with Gasteiger partial charge in [0.1, 0.15) is 0 Å². The van der Waals surface area contributed by atoms with Crippen LogP contribution >= 0.6 is 0 Å². The van der Waals surface area contributed by atoms with Gasteiger partial charge in [0.25, 0.3) is 0 Å². The standard InChI is InChI=1S/C17H19NO5S/c1-22-15-9-6-13(11-16(15)23-2)18-17(19)10-12-4-7-14(8-5-12)24(3,20)21/h4-9,11H,10H2,1-3H3,(H,18,19). The number of rotatable bonds is 6. The zero-order valence-corrected chi connectivity index (χ0v) is 14.5. The maximum Gasteiger partial charge on any atom is 0.228 e. The first-order valence-corrected chi connectivity index (χ1v) is 9.03. The molecule has 0 fully saturated rings. The first-order chi connectivity index (χ1) is 11.3. The molecule has 7 heteroatoms. The molecule has 0 aromatic heterocycles. The molecule has 0 saturated carbocycles. The fraction of sp³-hybridized carbons (Fsp3) is 0.235. The Hall–Kier alpha value is -2.54. The highest BCUT2D eigenvalue weighted by molar-refractivity contribution is 7.90. The Morgan fingerprint density at radius 3 is 2.17 bits per heavy atom. The molecule has 1 amide bonds. The molecule has 0 bridgehead atoms. The van der Waals surface area contributed by atoms with E-state index >= 15 is 0 Å². The highest BCUT2D eigenvalue weighted by Crippen LogP contribution is 2.29. The minimum Gasteiger partial charge on any atom is -0.493 e. The number of nitrogens with one attached hydrogen (secondary N) is 1. The number of hydrogen-bond acceptors (Lipinski definition) is 5. The Labute approximate surface area is 141 Å². The minimum atomic E-state index is -3.24. The summed E-state index contributed by atoms with van der Waals surface area (Å²) in [4.78, 5) is 12.3. The molecule has 0 heterocycles. The van der Waals surface area contributed by atoms with Crippen LogP contribution in [0.2, 0.25) is 0 Å². The SMILES string of the molecule is COc1ccc(NC(=O)Cc2ccc(S(C)(=O)=O)cc2)cc1OC. The lowest BCUT2D eigenvalue weighted by Gasteiger charge is -2.10. The van der Waals surface area contributed by atoms with Crippen molar-refractivity contribution in [2.45, 2.75) is 11.3 Å². The lowest BCUT2D eigenvalue weighted by atomic mass is 10.1. The molecule has 0 spiro atoms. The van der Waals surface area contributed by atoms with Gasteiger partial charge in [-0.15, -0.1) is 0 Å². The highest BCUT2D eigenvalue weighted by atomic mass is 32.2. The van der Waals surface area contributed by atoms with Crippen molar-refractivity contribution in [1.82, 2.24) is 0 Å². The number of hydrogen-bond donors (Lipinski definition) is 1. The Bertz CT molecular complexity index is 829. The summed E-state index contributed by atoms with van der Waals surface area (Å²) in [5.41, 5.74) is 1.31. The van der Waals surface area contributed by atoms with Gasteiger partial charge >= 0.3 is 0 Å². The van der Waals surface area contributed by atoms with Gasteiger partial charge in [-0.1, -0.05) is 12.1 Å². The van der Waals surface area contributed by atoms with E-state index < -0.39 is 9.84 Å². The molecular weight excluding hydrogens is 330 g/mol. The lowest BCUT2D eigenvalue weighted by molar-refractivity contribution is -0.115. The third-order valence-corrected chi connectivity index (χ3v) is 4.51. The van der Waals surface area contributed by atoms with Gasteiger partial charge in [0.05, 0.1) is 25.5 Å². The quantitative estimate of drug-likeness (QED) is 0.865. The third kappa shape index (κ3) is 4.48. The second kappa shape index (κ2) is 7.35. The van der Waals surface area contributed by atoms with Crippen LogP contribution in [0.5, 0.6) is 11.5 Å². The van der Waals surface area contributed by atoms with Crippen LogP contribution in [-0.2, 0) is 21.1 Å². The van der Waals surface area contributed by atoms with Crippen LogP contribution in [0.15, 0.2) is 47.4 Å². The molecular formula is C17H19NO5S. The van der Waals surface area contributed by atoms with E-state index in [1.807, 2.05) is 0 Å². The molecule has 128 valence electrons. The van der Waals surface area contributed by atoms with Gasteiger partial charge in [-0.3, -0.25) is 4.79 Å². The molecule has 6 nitrogen and oxygen atoms in total. The number of methoxy groups -OCH3 is 2. The molecule has 0 saturated heterocycles. The van der Waals surface area contributed by atoms with Gasteiger partial charge in [-0.2, -0.15) is 0 Å².